The van der Waals surface area contributed by atoms with Gasteiger partial charge in [-0.05, 0) is 23.1 Å². The van der Waals surface area contributed by atoms with Gasteiger partial charge in [0.2, 0.25) is 15.9 Å². The van der Waals surface area contributed by atoms with Crippen molar-refractivity contribution < 1.29 is 27.9 Å². The summed E-state index contributed by atoms with van der Waals surface area (Å²) in [4.78, 5) is 31.0. The van der Waals surface area contributed by atoms with Gasteiger partial charge in [0.15, 0.2) is 0 Å². The summed E-state index contributed by atoms with van der Waals surface area (Å²) in [6.07, 6.45) is 0.279. The summed E-state index contributed by atoms with van der Waals surface area (Å²) in [6.45, 7) is 2.19. The Morgan fingerprint density at radius 1 is 1.08 bits per heavy atom. The second-order valence-corrected chi connectivity index (χ2v) is 10.9. The Morgan fingerprint density at radius 2 is 1.69 bits per heavy atom. The molecule has 0 atom stereocenters. The number of hydrogen-bond acceptors (Lipinski definition) is 8. The molecular weight excluding hydrogens is 520 g/mol. The van der Waals surface area contributed by atoms with Crippen molar-refractivity contribution in [3.63, 3.8) is 0 Å². The molecule has 11 heteroatoms. The van der Waals surface area contributed by atoms with Gasteiger partial charge in [0.05, 0.1) is 41.7 Å². The molecule has 0 aliphatic carbocycles. The smallest absolute Gasteiger partial charge is 0.337 e. The van der Waals surface area contributed by atoms with Gasteiger partial charge < -0.3 is 14.7 Å². The number of anilines is 1. The van der Waals surface area contributed by atoms with Crippen LogP contribution in [0.5, 0.6) is 0 Å². The van der Waals surface area contributed by atoms with Gasteiger partial charge in [-0.1, -0.05) is 67.6 Å². The number of nitriles is 1. The van der Waals surface area contributed by atoms with E-state index in [0.717, 1.165) is 5.56 Å². The molecular formula is C28H28N4O6S. The molecule has 0 unspecified atom stereocenters. The number of nitrogens with one attached hydrogen (secondary N) is 1. The van der Waals surface area contributed by atoms with Crippen LogP contribution in [0.2, 0.25) is 0 Å². The van der Waals surface area contributed by atoms with Crippen LogP contribution in [0.3, 0.4) is 0 Å². The van der Waals surface area contributed by atoms with Gasteiger partial charge in [-0.15, -0.1) is 0 Å². The first-order chi connectivity index (χ1) is 18.7. The van der Waals surface area contributed by atoms with Crippen LogP contribution in [-0.2, 0) is 44.9 Å². The Hall–Kier alpha value is -4.27. The predicted molar refractivity (Wildman–Crippen MR) is 143 cm³/mol. The monoisotopic (exact) mass is 548 g/mol. The Bertz CT molecular complexity index is 1500. The van der Waals surface area contributed by atoms with Gasteiger partial charge in [-0.25, -0.2) is 18.2 Å². The minimum Gasteiger partial charge on any atom is -0.478 e. The maximum absolute atomic E-state index is 12.7. The molecule has 2 heterocycles. The lowest BCUT2D eigenvalue weighted by molar-refractivity contribution is -0.123. The molecule has 0 radical (unpaired) electrons. The number of nitrogens with zero attached hydrogens (tertiary/aromatic N) is 3. The molecule has 202 valence electrons. The number of hydrogen-bond donors (Lipinski definition) is 2. The molecule has 2 aromatic carbocycles. The van der Waals surface area contributed by atoms with Crippen LogP contribution in [-0.4, -0.2) is 43.5 Å². The summed E-state index contributed by atoms with van der Waals surface area (Å²) in [7, 11) is -3.88. The Morgan fingerprint density at radius 3 is 2.26 bits per heavy atom. The number of rotatable bonds is 11. The summed E-state index contributed by atoms with van der Waals surface area (Å²) in [5, 5.41) is 19.8. The maximum Gasteiger partial charge on any atom is 0.337 e. The summed E-state index contributed by atoms with van der Waals surface area (Å²) >= 11 is 0. The molecule has 2 N–H and O–H groups in total. The summed E-state index contributed by atoms with van der Waals surface area (Å²) < 4.78 is 32.8. The molecule has 1 aromatic heterocycles. The van der Waals surface area contributed by atoms with Crippen molar-refractivity contribution in [1.29, 1.82) is 5.26 Å². The van der Waals surface area contributed by atoms with Crippen molar-refractivity contribution in [1.82, 2.24) is 9.71 Å². The van der Waals surface area contributed by atoms with Gasteiger partial charge in [0.1, 0.15) is 11.9 Å². The van der Waals surface area contributed by atoms with Crippen LogP contribution in [0.1, 0.15) is 45.2 Å². The van der Waals surface area contributed by atoms with Gasteiger partial charge in [0, 0.05) is 13.1 Å². The Labute approximate surface area is 226 Å². The van der Waals surface area contributed by atoms with Gasteiger partial charge in [0.25, 0.3) is 0 Å². The average molecular weight is 549 g/mol. The zero-order valence-electron chi connectivity index (χ0n) is 21.3. The average Bonchev–Trinajstić information content (AvgIpc) is 2.87. The summed E-state index contributed by atoms with van der Waals surface area (Å²) in [6, 6.07) is 20.0. The van der Waals surface area contributed by atoms with Crippen molar-refractivity contribution in [3.05, 3.63) is 94.2 Å². The molecule has 0 bridgehead atoms. The molecule has 1 amide bonds. The number of carbonyl (C=O) groups is 2. The van der Waals surface area contributed by atoms with Crippen molar-refractivity contribution in [2.75, 3.05) is 18.0 Å². The third-order valence-corrected chi connectivity index (χ3v) is 7.62. The van der Waals surface area contributed by atoms with Crippen LogP contribution < -0.4 is 9.62 Å². The molecule has 1 aliphatic heterocycles. The normalized spacial score (nSPS) is 13.4. The van der Waals surface area contributed by atoms with Crippen molar-refractivity contribution in [2.45, 2.75) is 32.3 Å². The van der Waals surface area contributed by atoms with Gasteiger partial charge >= 0.3 is 5.97 Å². The fourth-order valence-corrected chi connectivity index (χ4v) is 5.63. The lowest BCUT2D eigenvalue weighted by Crippen LogP contribution is -2.55. The molecule has 10 nitrogen and oxygen atoms in total. The van der Waals surface area contributed by atoms with E-state index in [9.17, 15) is 28.4 Å². The first kappa shape index (κ1) is 27.8. The van der Waals surface area contributed by atoms with Crippen LogP contribution in [0, 0.1) is 17.2 Å². The number of ether oxygens (including phenoxy) is 1. The molecule has 3 aromatic rings. The minimum atomic E-state index is -3.88. The number of benzene rings is 2. The molecule has 4 rings (SSSR count). The lowest BCUT2D eigenvalue weighted by atomic mass is 9.94. The number of sulfonamides is 1. The van der Waals surface area contributed by atoms with Crippen LogP contribution in [0.15, 0.2) is 60.7 Å². The number of aromatic carboxylic acids is 1. The zero-order chi connectivity index (χ0) is 28.0. The third kappa shape index (κ3) is 6.60. The van der Waals surface area contributed by atoms with Crippen LogP contribution >= 0.6 is 0 Å². The van der Waals surface area contributed by atoms with Crippen molar-refractivity contribution in [2.24, 2.45) is 5.92 Å². The predicted octanol–water partition coefficient (Wildman–Crippen LogP) is 3.01. The van der Waals surface area contributed by atoms with E-state index < -0.39 is 27.8 Å². The highest BCUT2D eigenvalue weighted by Gasteiger charge is 2.38. The zero-order valence-corrected chi connectivity index (χ0v) is 22.1. The van der Waals surface area contributed by atoms with E-state index in [-0.39, 0.29) is 61.1 Å². The van der Waals surface area contributed by atoms with Gasteiger partial charge in [-0.2, -0.15) is 5.26 Å². The molecule has 0 spiro atoms. The molecule has 39 heavy (non-hydrogen) atoms. The molecule has 1 saturated heterocycles. The number of carboxylic acid groups (broad SMARTS) is 1. The van der Waals surface area contributed by atoms with E-state index in [0.29, 0.717) is 11.1 Å². The first-order valence-electron chi connectivity index (χ1n) is 12.4. The Balaban J connectivity index is 1.50. The molecule has 0 saturated carbocycles. The highest BCUT2D eigenvalue weighted by atomic mass is 32.2. The number of carbonyl (C=O) groups excluding carboxylic acids is 1. The SMILES string of the molecule is CCc1c(C#N)c(N2CC(C(=O)NS(=O)(=O)Cc3ccccc3)C2)nc(COCc2ccccc2)c1C(=O)O. The largest absolute Gasteiger partial charge is 0.478 e. The highest BCUT2D eigenvalue weighted by Crippen LogP contribution is 2.32. The summed E-state index contributed by atoms with van der Waals surface area (Å²) in [5.41, 5.74) is 2.06. The Kier molecular flexibility index (Phi) is 8.59. The fraction of sp³-hybridized carbons (Fsp3) is 0.286. The van der Waals surface area contributed by atoms with E-state index in [1.165, 1.54) is 0 Å². The second-order valence-electron chi connectivity index (χ2n) is 9.17. The quantitative estimate of drug-likeness (QED) is 0.369. The molecule has 1 fully saturated rings. The van der Waals surface area contributed by atoms with E-state index in [1.807, 2.05) is 30.3 Å². The summed E-state index contributed by atoms with van der Waals surface area (Å²) in [5.74, 6) is -2.53. The van der Waals surface area contributed by atoms with Crippen molar-refractivity contribution in [3.8, 4) is 6.07 Å². The van der Waals surface area contributed by atoms with Gasteiger partial charge in [-0.3, -0.25) is 9.52 Å². The number of pyridine rings is 1. The number of carboxylic acids is 1. The van der Waals surface area contributed by atoms with Crippen LogP contribution in [0.25, 0.3) is 0 Å². The maximum atomic E-state index is 12.7. The first-order valence-corrected chi connectivity index (χ1v) is 14.0. The third-order valence-electron chi connectivity index (χ3n) is 6.39. The van der Waals surface area contributed by atoms with E-state index in [4.69, 9.17) is 4.74 Å². The van der Waals surface area contributed by atoms with Crippen LogP contribution in [0.4, 0.5) is 5.82 Å². The van der Waals surface area contributed by atoms with Crippen molar-refractivity contribution >= 4 is 27.7 Å². The second kappa shape index (κ2) is 12.1. The highest BCUT2D eigenvalue weighted by molar-refractivity contribution is 7.89. The minimum absolute atomic E-state index is 0.0623. The van der Waals surface area contributed by atoms with E-state index in [1.54, 1.807) is 42.2 Å². The standard InChI is InChI=1S/C28H28N4O6S/c1-2-22-23(13-29)26(30-24(25(22)28(34)35)17-38-16-19-9-5-3-6-10-19)32-14-21(15-32)27(33)31-39(36,37)18-20-11-7-4-8-12-20/h3-12,21H,2,14-18H2,1H3,(H,31,33)(H,34,35). The number of aromatic nitrogens is 1. The van der Waals surface area contributed by atoms with E-state index >= 15 is 0 Å². The van der Waals surface area contributed by atoms with E-state index in [2.05, 4.69) is 15.8 Å². The lowest BCUT2D eigenvalue weighted by Gasteiger charge is -2.40. The topological polar surface area (TPSA) is 150 Å². The molecule has 1 aliphatic rings. The number of amides is 1. The fourth-order valence-electron chi connectivity index (χ4n) is 4.45.